The minimum absolute atomic E-state index is 0.0237. The third-order valence-corrected chi connectivity index (χ3v) is 5.65. The number of anilines is 1. The van der Waals surface area contributed by atoms with Crippen molar-refractivity contribution in [3.63, 3.8) is 0 Å². The maximum Gasteiger partial charge on any atom is 0.416 e. The van der Waals surface area contributed by atoms with Gasteiger partial charge in [0.15, 0.2) is 0 Å². The lowest BCUT2D eigenvalue weighted by Gasteiger charge is -2.10. The average molecular weight is 452 g/mol. The van der Waals surface area contributed by atoms with E-state index in [1.165, 1.54) is 36.4 Å². The summed E-state index contributed by atoms with van der Waals surface area (Å²) >= 11 is 0. The third-order valence-electron chi connectivity index (χ3n) is 4.26. The van der Waals surface area contributed by atoms with Gasteiger partial charge in [-0.05, 0) is 66.2 Å². The number of carbonyl (C=O) groups excluding carboxylic acids is 1. The Balaban J connectivity index is 1.60. The van der Waals surface area contributed by atoms with E-state index in [4.69, 9.17) is 0 Å². The van der Waals surface area contributed by atoms with Crippen LogP contribution in [0.2, 0.25) is 0 Å². The maximum absolute atomic E-state index is 13.0. The fourth-order valence-corrected chi connectivity index (χ4v) is 3.67. The topological polar surface area (TPSA) is 75.3 Å². The quantitative estimate of drug-likeness (QED) is 0.538. The number of rotatable bonds is 6. The lowest BCUT2D eigenvalue weighted by molar-refractivity contribution is -0.137. The fourth-order valence-electron chi connectivity index (χ4n) is 2.61. The molecule has 0 saturated carbocycles. The Labute approximate surface area is 175 Å². The summed E-state index contributed by atoms with van der Waals surface area (Å²) in [6, 6.07) is 14.3. The lowest BCUT2D eigenvalue weighted by atomic mass is 10.1. The second kappa shape index (κ2) is 8.76. The Bertz CT molecular complexity index is 1160. The lowest BCUT2D eigenvalue weighted by Crippen LogP contribution is -2.22. The molecule has 0 unspecified atom stereocenters. The summed E-state index contributed by atoms with van der Waals surface area (Å²) in [6.45, 7) is 0.0237. The van der Waals surface area contributed by atoms with Gasteiger partial charge in [0.1, 0.15) is 5.82 Å². The minimum Gasteiger partial charge on any atom is -0.348 e. The number of amides is 1. The van der Waals surface area contributed by atoms with Crippen molar-refractivity contribution >= 4 is 21.6 Å². The molecule has 162 valence electrons. The molecule has 0 spiro atoms. The van der Waals surface area contributed by atoms with Crippen molar-refractivity contribution in [1.82, 2.24) is 5.32 Å². The molecule has 0 saturated heterocycles. The first kappa shape index (κ1) is 22.3. The van der Waals surface area contributed by atoms with Crippen LogP contribution in [0, 0.1) is 5.82 Å². The van der Waals surface area contributed by atoms with E-state index in [0.29, 0.717) is 5.56 Å². The molecular formula is C21H16F4N2O3S. The van der Waals surface area contributed by atoms with E-state index >= 15 is 0 Å². The van der Waals surface area contributed by atoms with Crippen LogP contribution in [0.25, 0.3) is 0 Å². The second-order valence-corrected chi connectivity index (χ2v) is 8.20. The van der Waals surface area contributed by atoms with Gasteiger partial charge < -0.3 is 5.32 Å². The summed E-state index contributed by atoms with van der Waals surface area (Å²) < 4.78 is 77.6. The van der Waals surface area contributed by atoms with Gasteiger partial charge in [-0.15, -0.1) is 0 Å². The monoisotopic (exact) mass is 452 g/mol. The zero-order chi connectivity index (χ0) is 22.6. The summed E-state index contributed by atoms with van der Waals surface area (Å²) in [7, 11) is -3.92. The van der Waals surface area contributed by atoms with Gasteiger partial charge in [0.25, 0.3) is 15.9 Å². The summed E-state index contributed by atoms with van der Waals surface area (Å²) in [5.74, 6) is -1.04. The van der Waals surface area contributed by atoms with Crippen LogP contribution in [0.15, 0.2) is 77.7 Å². The minimum atomic E-state index is -4.43. The van der Waals surface area contributed by atoms with E-state index in [2.05, 4.69) is 10.0 Å². The highest BCUT2D eigenvalue weighted by Crippen LogP contribution is 2.29. The smallest absolute Gasteiger partial charge is 0.348 e. The van der Waals surface area contributed by atoms with Crippen LogP contribution in [0.5, 0.6) is 0 Å². The van der Waals surface area contributed by atoms with Crippen LogP contribution < -0.4 is 10.0 Å². The van der Waals surface area contributed by atoms with E-state index in [9.17, 15) is 30.8 Å². The number of halogens is 4. The Morgan fingerprint density at radius 2 is 1.42 bits per heavy atom. The van der Waals surface area contributed by atoms with Gasteiger partial charge in [-0.2, -0.15) is 13.2 Å². The van der Waals surface area contributed by atoms with Crippen molar-refractivity contribution in [2.24, 2.45) is 0 Å². The maximum atomic E-state index is 13.0. The molecule has 0 aliphatic rings. The SMILES string of the molecule is O=C(NCc1ccc(C(F)(F)F)cc1)c1ccc(NS(=O)(=O)c2ccc(F)cc2)cc1. The van der Waals surface area contributed by atoms with Gasteiger partial charge >= 0.3 is 6.18 Å². The fraction of sp³-hybridized carbons (Fsp3) is 0.0952. The van der Waals surface area contributed by atoms with Gasteiger partial charge in [0, 0.05) is 17.8 Å². The summed E-state index contributed by atoms with van der Waals surface area (Å²) in [6.07, 6.45) is -4.43. The van der Waals surface area contributed by atoms with Crippen LogP contribution in [-0.2, 0) is 22.7 Å². The predicted octanol–water partition coefficient (Wildman–Crippen LogP) is 4.58. The Kier molecular flexibility index (Phi) is 6.30. The standard InChI is InChI=1S/C21H16F4N2O3S/c22-17-7-11-19(12-8-17)31(29,30)27-18-9-3-15(4-10-18)20(28)26-13-14-1-5-16(6-2-14)21(23,24)25/h1-12,27H,13H2,(H,26,28). The van der Waals surface area contributed by atoms with Crippen molar-refractivity contribution in [3.8, 4) is 0 Å². The molecule has 0 atom stereocenters. The molecule has 0 radical (unpaired) electrons. The molecule has 0 aliphatic carbocycles. The Hall–Kier alpha value is -3.40. The highest BCUT2D eigenvalue weighted by Gasteiger charge is 2.29. The molecule has 0 heterocycles. The third kappa shape index (κ3) is 5.82. The van der Waals surface area contributed by atoms with Crippen LogP contribution >= 0.6 is 0 Å². The van der Waals surface area contributed by atoms with Gasteiger partial charge in [-0.1, -0.05) is 12.1 Å². The van der Waals surface area contributed by atoms with E-state index in [1.807, 2.05) is 0 Å². The largest absolute Gasteiger partial charge is 0.416 e. The molecule has 5 nitrogen and oxygen atoms in total. The average Bonchev–Trinajstić information content (AvgIpc) is 2.72. The number of sulfonamides is 1. The van der Waals surface area contributed by atoms with E-state index in [1.54, 1.807) is 0 Å². The van der Waals surface area contributed by atoms with Crippen molar-refractivity contribution in [2.75, 3.05) is 4.72 Å². The molecule has 1 amide bonds. The number of hydrogen-bond acceptors (Lipinski definition) is 3. The van der Waals surface area contributed by atoms with Crippen LogP contribution in [0.3, 0.4) is 0 Å². The van der Waals surface area contributed by atoms with Crippen molar-refractivity contribution in [2.45, 2.75) is 17.6 Å². The molecule has 3 rings (SSSR count). The van der Waals surface area contributed by atoms with Crippen LogP contribution in [0.1, 0.15) is 21.5 Å². The number of carbonyl (C=O) groups is 1. The zero-order valence-electron chi connectivity index (χ0n) is 15.8. The summed E-state index contributed by atoms with van der Waals surface area (Å²) in [4.78, 5) is 12.1. The molecule has 2 N–H and O–H groups in total. The molecule has 0 fully saturated rings. The first-order chi connectivity index (χ1) is 14.5. The molecular weight excluding hydrogens is 436 g/mol. The predicted molar refractivity (Wildman–Crippen MR) is 106 cm³/mol. The van der Waals surface area contributed by atoms with Crippen molar-refractivity contribution in [1.29, 1.82) is 0 Å². The number of alkyl halides is 3. The summed E-state index contributed by atoms with van der Waals surface area (Å²) in [5, 5.41) is 2.58. The normalized spacial score (nSPS) is 11.7. The molecule has 0 bridgehead atoms. The Morgan fingerprint density at radius 3 is 1.97 bits per heavy atom. The van der Waals surface area contributed by atoms with Gasteiger partial charge in [-0.3, -0.25) is 9.52 Å². The molecule has 3 aromatic carbocycles. The molecule has 31 heavy (non-hydrogen) atoms. The molecule has 10 heteroatoms. The first-order valence-electron chi connectivity index (χ1n) is 8.87. The van der Waals surface area contributed by atoms with E-state index in [-0.39, 0.29) is 22.7 Å². The van der Waals surface area contributed by atoms with Gasteiger partial charge in [0.05, 0.1) is 10.5 Å². The first-order valence-corrected chi connectivity index (χ1v) is 10.4. The van der Waals surface area contributed by atoms with Crippen LogP contribution in [0.4, 0.5) is 23.2 Å². The van der Waals surface area contributed by atoms with Gasteiger partial charge in [-0.25, -0.2) is 12.8 Å². The van der Waals surface area contributed by atoms with E-state index in [0.717, 1.165) is 36.4 Å². The number of benzene rings is 3. The molecule has 0 aliphatic heterocycles. The highest BCUT2D eigenvalue weighted by molar-refractivity contribution is 7.92. The zero-order valence-corrected chi connectivity index (χ0v) is 16.6. The van der Waals surface area contributed by atoms with Crippen molar-refractivity contribution in [3.05, 3.63) is 95.3 Å². The van der Waals surface area contributed by atoms with E-state index < -0.39 is 33.5 Å². The van der Waals surface area contributed by atoms with Crippen LogP contribution in [-0.4, -0.2) is 14.3 Å². The molecule has 0 aromatic heterocycles. The van der Waals surface area contributed by atoms with Gasteiger partial charge in [0.2, 0.25) is 0 Å². The highest BCUT2D eigenvalue weighted by atomic mass is 32.2. The number of nitrogens with one attached hydrogen (secondary N) is 2. The second-order valence-electron chi connectivity index (χ2n) is 6.51. The number of hydrogen-bond donors (Lipinski definition) is 2. The van der Waals surface area contributed by atoms with Crippen molar-refractivity contribution < 1.29 is 30.8 Å². The molecule has 3 aromatic rings. The summed E-state index contributed by atoms with van der Waals surface area (Å²) in [5.41, 5.74) is 0.145. The Morgan fingerprint density at radius 1 is 0.839 bits per heavy atom.